The number of carbonyl (C=O) groups is 1. The Morgan fingerprint density at radius 2 is 1.90 bits per heavy atom. The Labute approximate surface area is 178 Å². The third-order valence-corrected chi connectivity index (χ3v) is 6.84. The maximum absolute atomic E-state index is 12.6. The minimum Gasteiger partial charge on any atom is -0.325 e. The van der Waals surface area contributed by atoms with Gasteiger partial charge in [-0.25, -0.2) is 4.98 Å². The average molecular weight is 422 g/mol. The predicted molar refractivity (Wildman–Crippen MR) is 123 cm³/mol. The van der Waals surface area contributed by atoms with E-state index >= 15 is 0 Å². The molecule has 0 aliphatic rings. The fraction of sp³-hybridized carbons (Fsp3) is 0.217. The summed E-state index contributed by atoms with van der Waals surface area (Å²) in [5.41, 5.74) is 3.06. The quantitative estimate of drug-likeness (QED) is 0.434. The Bertz CT molecular complexity index is 1050. The Morgan fingerprint density at radius 1 is 1.10 bits per heavy atom. The van der Waals surface area contributed by atoms with Gasteiger partial charge in [0.15, 0.2) is 0 Å². The normalized spacial score (nSPS) is 12.4. The number of hydrogen-bond donors (Lipinski definition) is 1. The lowest BCUT2D eigenvalue weighted by Gasteiger charge is -2.23. The molecule has 148 valence electrons. The molecule has 0 bridgehead atoms. The summed E-state index contributed by atoms with van der Waals surface area (Å²) in [6, 6.07) is 20.2. The molecule has 1 N–H and O–H groups in total. The molecule has 29 heavy (non-hydrogen) atoms. The molecule has 0 fully saturated rings. The number of anilines is 1. The molecule has 4 rings (SSSR count). The van der Waals surface area contributed by atoms with E-state index in [1.807, 2.05) is 50.4 Å². The van der Waals surface area contributed by atoms with Gasteiger partial charge in [0.2, 0.25) is 5.91 Å². The maximum atomic E-state index is 12.6. The van der Waals surface area contributed by atoms with Crippen molar-refractivity contribution in [2.24, 2.45) is 0 Å². The molecular formula is C23H23N3OS2. The lowest BCUT2D eigenvalue weighted by molar-refractivity contribution is -0.120. The third-order valence-electron chi connectivity index (χ3n) is 4.94. The predicted octanol–water partition coefficient (Wildman–Crippen LogP) is 5.41. The van der Waals surface area contributed by atoms with Crippen LogP contribution in [0.15, 0.2) is 66.0 Å². The van der Waals surface area contributed by atoms with Crippen molar-refractivity contribution in [1.82, 2.24) is 9.88 Å². The van der Waals surface area contributed by atoms with Gasteiger partial charge in [0.05, 0.1) is 21.3 Å². The van der Waals surface area contributed by atoms with Crippen LogP contribution in [0, 0.1) is 0 Å². The van der Waals surface area contributed by atoms with Crippen molar-refractivity contribution in [3.63, 3.8) is 0 Å². The Morgan fingerprint density at radius 3 is 2.62 bits per heavy atom. The highest BCUT2D eigenvalue weighted by atomic mass is 32.1. The number of thiazole rings is 1. The lowest BCUT2D eigenvalue weighted by atomic mass is 10.1. The van der Waals surface area contributed by atoms with E-state index in [9.17, 15) is 4.79 Å². The molecule has 1 unspecified atom stereocenters. The Balaban J connectivity index is 1.35. The number of aromatic nitrogens is 1. The molecule has 2 aromatic heterocycles. The lowest BCUT2D eigenvalue weighted by Crippen LogP contribution is -2.39. The summed E-state index contributed by atoms with van der Waals surface area (Å²) in [7, 11) is 1.98. The number of fused-ring (bicyclic) bond motifs is 1. The second-order valence-corrected chi connectivity index (χ2v) is 9.26. The molecular weight excluding hydrogens is 398 g/mol. The number of thiophene rings is 1. The summed E-state index contributed by atoms with van der Waals surface area (Å²) < 4.78 is 1.21. The van der Waals surface area contributed by atoms with Crippen molar-refractivity contribution < 1.29 is 4.79 Å². The SMILES string of the molecule is CC(C(=O)Nc1ccc(Cc2nc3ccccc3s2)cc1)N(C)Cc1cccs1. The molecule has 0 aliphatic carbocycles. The zero-order valence-electron chi connectivity index (χ0n) is 16.5. The van der Waals surface area contributed by atoms with Crippen LogP contribution < -0.4 is 5.32 Å². The summed E-state index contributed by atoms with van der Waals surface area (Å²) in [5, 5.41) is 6.19. The first-order chi connectivity index (χ1) is 14.1. The summed E-state index contributed by atoms with van der Waals surface area (Å²) in [6.07, 6.45) is 0.799. The first-order valence-electron chi connectivity index (χ1n) is 9.55. The average Bonchev–Trinajstić information content (AvgIpc) is 3.37. The zero-order valence-corrected chi connectivity index (χ0v) is 18.1. The summed E-state index contributed by atoms with van der Waals surface area (Å²) in [4.78, 5) is 20.6. The van der Waals surface area contributed by atoms with Crippen LogP contribution in [0.2, 0.25) is 0 Å². The summed E-state index contributed by atoms with van der Waals surface area (Å²) >= 11 is 3.44. The van der Waals surface area contributed by atoms with Gasteiger partial charge in [0.25, 0.3) is 0 Å². The van der Waals surface area contributed by atoms with Crippen LogP contribution >= 0.6 is 22.7 Å². The van der Waals surface area contributed by atoms with E-state index in [0.717, 1.165) is 29.2 Å². The van der Waals surface area contributed by atoms with Gasteiger partial charge >= 0.3 is 0 Å². The van der Waals surface area contributed by atoms with E-state index < -0.39 is 0 Å². The number of amides is 1. The fourth-order valence-electron chi connectivity index (χ4n) is 3.11. The third kappa shape index (κ3) is 4.90. The highest BCUT2D eigenvalue weighted by Gasteiger charge is 2.18. The van der Waals surface area contributed by atoms with Crippen LogP contribution in [0.5, 0.6) is 0 Å². The number of para-hydroxylation sites is 1. The monoisotopic (exact) mass is 421 g/mol. The highest BCUT2D eigenvalue weighted by molar-refractivity contribution is 7.18. The van der Waals surface area contributed by atoms with Crippen LogP contribution in [0.4, 0.5) is 5.69 Å². The van der Waals surface area contributed by atoms with E-state index in [2.05, 4.69) is 39.9 Å². The second-order valence-electron chi connectivity index (χ2n) is 7.11. The second kappa shape index (κ2) is 8.86. The van der Waals surface area contributed by atoms with E-state index in [-0.39, 0.29) is 11.9 Å². The number of benzene rings is 2. The molecule has 0 spiro atoms. The van der Waals surface area contributed by atoms with Gasteiger partial charge in [0, 0.05) is 23.5 Å². The van der Waals surface area contributed by atoms with Crippen molar-refractivity contribution in [3.8, 4) is 0 Å². The van der Waals surface area contributed by atoms with Gasteiger partial charge in [-0.3, -0.25) is 9.69 Å². The fourth-order valence-corrected chi connectivity index (χ4v) is 4.88. The molecule has 0 saturated heterocycles. The van der Waals surface area contributed by atoms with Crippen LogP contribution in [-0.4, -0.2) is 28.9 Å². The molecule has 1 amide bonds. The number of nitrogens with zero attached hydrogens (tertiary/aromatic N) is 2. The minimum atomic E-state index is -0.209. The zero-order chi connectivity index (χ0) is 20.2. The smallest absolute Gasteiger partial charge is 0.241 e. The molecule has 2 heterocycles. The number of nitrogens with one attached hydrogen (secondary N) is 1. The molecule has 2 aromatic carbocycles. The minimum absolute atomic E-state index is 0.00276. The summed E-state index contributed by atoms with van der Waals surface area (Å²) in [6.45, 7) is 2.71. The van der Waals surface area contributed by atoms with Crippen molar-refractivity contribution in [2.45, 2.75) is 25.9 Å². The number of hydrogen-bond acceptors (Lipinski definition) is 5. The van der Waals surface area contributed by atoms with Crippen molar-refractivity contribution in [1.29, 1.82) is 0 Å². The molecule has 0 aliphatic heterocycles. The van der Waals surface area contributed by atoms with E-state index in [0.29, 0.717) is 0 Å². The van der Waals surface area contributed by atoms with Crippen LogP contribution in [0.1, 0.15) is 22.4 Å². The van der Waals surface area contributed by atoms with Crippen molar-refractivity contribution in [3.05, 3.63) is 81.5 Å². The van der Waals surface area contributed by atoms with Gasteiger partial charge in [-0.2, -0.15) is 0 Å². The van der Waals surface area contributed by atoms with Crippen molar-refractivity contribution >= 4 is 44.5 Å². The summed E-state index contributed by atoms with van der Waals surface area (Å²) in [5.74, 6) is 0.00276. The highest BCUT2D eigenvalue weighted by Crippen LogP contribution is 2.24. The van der Waals surface area contributed by atoms with E-state index in [4.69, 9.17) is 4.98 Å². The van der Waals surface area contributed by atoms with Gasteiger partial charge in [0.1, 0.15) is 0 Å². The van der Waals surface area contributed by atoms with Crippen LogP contribution in [-0.2, 0) is 17.8 Å². The first-order valence-corrected chi connectivity index (χ1v) is 11.2. The topological polar surface area (TPSA) is 45.2 Å². The van der Waals surface area contributed by atoms with Gasteiger partial charge < -0.3 is 5.32 Å². The molecule has 4 nitrogen and oxygen atoms in total. The van der Waals surface area contributed by atoms with E-state index in [1.165, 1.54) is 15.1 Å². The maximum Gasteiger partial charge on any atom is 0.241 e. The van der Waals surface area contributed by atoms with Crippen molar-refractivity contribution in [2.75, 3.05) is 12.4 Å². The Hall–Kier alpha value is -2.54. The van der Waals surface area contributed by atoms with Gasteiger partial charge in [-0.1, -0.05) is 30.3 Å². The van der Waals surface area contributed by atoms with Crippen LogP contribution in [0.25, 0.3) is 10.2 Å². The largest absolute Gasteiger partial charge is 0.325 e. The number of carbonyl (C=O) groups excluding carboxylic acids is 1. The van der Waals surface area contributed by atoms with Crippen LogP contribution in [0.3, 0.4) is 0 Å². The molecule has 0 radical (unpaired) electrons. The number of rotatable bonds is 7. The first kappa shape index (κ1) is 19.8. The Kier molecular flexibility index (Phi) is 6.04. The standard InChI is InChI=1S/C23H23N3OS2/c1-16(26(2)15-19-6-5-13-28-19)23(27)24-18-11-9-17(10-12-18)14-22-25-20-7-3-4-8-21(20)29-22/h3-13,16H,14-15H2,1-2H3,(H,24,27). The molecule has 1 atom stereocenters. The number of likely N-dealkylation sites (N-methyl/N-ethyl adjacent to an activating group) is 1. The van der Waals surface area contributed by atoms with Gasteiger partial charge in [-0.15, -0.1) is 22.7 Å². The molecule has 6 heteroatoms. The van der Waals surface area contributed by atoms with Gasteiger partial charge in [-0.05, 0) is 55.2 Å². The van der Waals surface area contributed by atoms with E-state index in [1.54, 1.807) is 22.7 Å². The molecule has 0 saturated carbocycles. The molecule has 4 aromatic rings.